The molecule has 0 amide bonds. The fraction of sp³-hybridized carbons (Fsp3) is 0.0794. The van der Waals surface area contributed by atoms with Gasteiger partial charge in [0.1, 0.15) is 0 Å². The molecule has 0 bridgehead atoms. The Morgan fingerprint density at radius 2 is 1.05 bits per heavy atom. The van der Waals surface area contributed by atoms with E-state index in [-0.39, 0.29) is 5.41 Å². The molecule has 0 N–H and O–H groups in total. The van der Waals surface area contributed by atoms with Crippen LogP contribution in [-0.4, -0.2) is 4.57 Å². The predicted octanol–water partition coefficient (Wildman–Crippen LogP) is 17.2. The second-order valence-electron chi connectivity index (χ2n) is 18.0. The van der Waals surface area contributed by atoms with Crippen LogP contribution in [0.3, 0.4) is 0 Å². The highest BCUT2D eigenvalue weighted by Gasteiger charge is 2.36. The van der Waals surface area contributed by atoms with E-state index in [1.54, 1.807) is 0 Å². The highest BCUT2D eigenvalue weighted by atomic mass is 15.1. The summed E-state index contributed by atoms with van der Waals surface area (Å²) in [7, 11) is 0. The van der Waals surface area contributed by atoms with Crippen molar-refractivity contribution in [3.05, 3.63) is 253 Å². The van der Waals surface area contributed by atoms with Crippen LogP contribution in [0.4, 0.5) is 17.1 Å². The number of aromatic nitrogens is 1. The lowest BCUT2D eigenvalue weighted by Gasteiger charge is -2.32. The van der Waals surface area contributed by atoms with E-state index in [2.05, 4.69) is 254 Å². The smallest absolute Gasteiger partial charge is 0.0543 e. The fourth-order valence-corrected chi connectivity index (χ4v) is 10.8. The molecule has 1 heterocycles. The first-order valence-electron chi connectivity index (χ1n) is 22.9. The number of allylic oxidation sites excluding steroid dienone is 4. The Morgan fingerprint density at radius 3 is 1.85 bits per heavy atom. The Labute approximate surface area is 381 Å². The largest absolute Gasteiger partial charge is 0.310 e. The zero-order valence-corrected chi connectivity index (χ0v) is 36.7. The average molecular weight is 833 g/mol. The fourth-order valence-electron chi connectivity index (χ4n) is 10.8. The molecule has 0 fully saturated rings. The van der Waals surface area contributed by atoms with Crippen LogP contribution in [0, 0.1) is 0 Å². The maximum atomic E-state index is 2.55. The molecule has 0 radical (unpaired) electrons. The standard InChI is InChI=1S/C63H48N2/c1-63(2)57-30-16-14-26-52(57)53-39-37-49(42-58(53)63)64(48-38-40-60-56(41-48)54-27-15-17-31-59(54)65(60)47-23-10-5-11-24-47)61-32-18-29-51(46-35-33-44(34-36-46)43-19-6-3-7-20-43)62(61)55-28-13-12-25-50(55)45-21-8-4-9-22-45/h3-12,14-27,29-42H,13,28H2,1-2H3. The summed E-state index contributed by atoms with van der Waals surface area (Å²) in [6.07, 6.45) is 6.61. The van der Waals surface area contributed by atoms with E-state index in [9.17, 15) is 0 Å². The van der Waals surface area contributed by atoms with Crippen LogP contribution >= 0.6 is 0 Å². The first kappa shape index (κ1) is 38.7. The molecule has 0 aliphatic heterocycles. The van der Waals surface area contributed by atoms with Crippen molar-refractivity contribution >= 4 is 50.0 Å². The van der Waals surface area contributed by atoms with Crippen molar-refractivity contribution in [2.45, 2.75) is 32.1 Å². The van der Waals surface area contributed by atoms with E-state index in [1.807, 2.05) is 0 Å². The SMILES string of the molecule is CC1(C)c2ccccc2-c2ccc(N(c3ccc4c(c3)c3ccccc3n4-c3ccccc3)c3cccc(-c4ccc(-c5ccccc5)cc4)c3C3=C(c4ccccc4)C=CCC3)cc21. The zero-order chi connectivity index (χ0) is 43.5. The first-order chi connectivity index (χ1) is 32.0. The summed E-state index contributed by atoms with van der Waals surface area (Å²) in [4.78, 5) is 2.55. The number of anilines is 3. The summed E-state index contributed by atoms with van der Waals surface area (Å²) in [5.41, 5.74) is 22.1. The summed E-state index contributed by atoms with van der Waals surface area (Å²) in [5, 5.41) is 2.46. The van der Waals surface area contributed by atoms with Crippen LogP contribution < -0.4 is 4.90 Å². The number of hydrogen-bond donors (Lipinski definition) is 0. The topological polar surface area (TPSA) is 8.17 Å². The zero-order valence-electron chi connectivity index (χ0n) is 36.7. The number of hydrogen-bond acceptors (Lipinski definition) is 1. The molecule has 10 aromatic rings. The Bertz CT molecular complexity index is 3480. The van der Waals surface area contributed by atoms with Crippen LogP contribution in [-0.2, 0) is 5.41 Å². The van der Waals surface area contributed by atoms with Crippen molar-refractivity contribution < 1.29 is 0 Å². The van der Waals surface area contributed by atoms with Gasteiger partial charge >= 0.3 is 0 Å². The lowest BCUT2D eigenvalue weighted by molar-refractivity contribution is 0.660. The van der Waals surface area contributed by atoms with Gasteiger partial charge in [-0.1, -0.05) is 190 Å². The molecular weight excluding hydrogens is 785 g/mol. The van der Waals surface area contributed by atoms with Gasteiger partial charge in [-0.25, -0.2) is 0 Å². The summed E-state index contributed by atoms with van der Waals surface area (Å²) in [6.45, 7) is 4.76. The summed E-state index contributed by atoms with van der Waals surface area (Å²) in [5.74, 6) is 0. The predicted molar refractivity (Wildman–Crippen MR) is 276 cm³/mol. The van der Waals surface area contributed by atoms with Gasteiger partial charge in [-0.05, 0) is 129 Å². The summed E-state index contributed by atoms with van der Waals surface area (Å²) < 4.78 is 2.41. The molecule has 0 saturated heterocycles. The Balaban J connectivity index is 1.15. The molecule has 65 heavy (non-hydrogen) atoms. The molecule has 2 aliphatic rings. The maximum Gasteiger partial charge on any atom is 0.0543 e. The minimum atomic E-state index is -0.164. The number of benzene rings is 9. The lowest BCUT2D eigenvalue weighted by Crippen LogP contribution is -2.17. The van der Waals surface area contributed by atoms with Crippen molar-refractivity contribution in [3.63, 3.8) is 0 Å². The highest BCUT2D eigenvalue weighted by Crippen LogP contribution is 2.53. The number of rotatable bonds is 8. The van der Waals surface area contributed by atoms with E-state index < -0.39 is 0 Å². The van der Waals surface area contributed by atoms with E-state index in [0.717, 1.165) is 35.6 Å². The third-order valence-corrected chi connectivity index (χ3v) is 13.9. The molecule has 12 rings (SSSR count). The Kier molecular flexibility index (Phi) is 9.35. The number of fused-ring (bicyclic) bond motifs is 6. The minimum absolute atomic E-state index is 0.164. The third-order valence-electron chi connectivity index (χ3n) is 13.9. The molecule has 2 aliphatic carbocycles. The monoisotopic (exact) mass is 832 g/mol. The molecule has 0 saturated carbocycles. The second-order valence-corrected chi connectivity index (χ2v) is 18.0. The number of para-hydroxylation sites is 2. The van der Waals surface area contributed by atoms with Crippen molar-refractivity contribution in [3.8, 4) is 39.1 Å². The minimum Gasteiger partial charge on any atom is -0.310 e. The lowest BCUT2D eigenvalue weighted by atomic mass is 9.82. The molecule has 9 aromatic carbocycles. The van der Waals surface area contributed by atoms with E-state index in [1.165, 1.54) is 88.6 Å². The van der Waals surface area contributed by atoms with Crippen molar-refractivity contribution in [2.24, 2.45) is 0 Å². The summed E-state index contributed by atoms with van der Waals surface area (Å²) in [6, 6.07) is 80.7. The van der Waals surface area contributed by atoms with E-state index >= 15 is 0 Å². The van der Waals surface area contributed by atoms with Gasteiger partial charge in [-0.2, -0.15) is 0 Å². The Morgan fingerprint density at radius 1 is 0.446 bits per heavy atom. The first-order valence-corrected chi connectivity index (χ1v) is 22.9. The van der Waals surface area contributed by atoms with Gasteiger partial charge in [-0.15, -0.1) is 0 Å². The molecular formula is C63H48N2. The third kappa shape index (κ3) is 6.48. The van der Waals surface area contributed by atoms with Gasteiger partial charge in [0.15, 0.2) is 0 Å². The maximum absolute atomic E-state index is 2.55. The van der Waals surface area contributed by atoms with Gasteiger partial charge in [-0.3, -0.25) is 0 Å². The molecule has 0 unspecified atom stereocenters. The molecule has 2 heteroatoms. The van der Waals surface area contributed by atoms with Gasteiger partial charge in [0.2, 0.25) is 0 Å². The van der Waals surface area contributed by atoms with Crippen LogP contribution in [0.5, 0.6) is 0 Å². The van der Waals surface area contributed by atoms with Crippen LogP contribution in [0.25, 0.3) is 72.0 Å². The van der Waals surface area contributed by atoms with Crippen molar-refractivity contribution in [1.82, 2.24) is 4.57 Å². The summed E-state index contributed by atoms with van der Waals surface area (Å²) >= 11 is 0. The highest BCUT2D eigenvalue weighted by molar-refractivity contribution is 6.11. The van der Waals surface area contributed by atoms with Gasteiger partial charge in [0, 0.05) is 38.8 Å². The number of nitrogens with zero attached hydrogens (tertiary/aromatic N) is 2. The Hall–Kier alpha value is -7.94. The molecule has 0 spiro atoms. The van der Waals surface area contributed by atoms with Gasteiger partial charge < -0.3 is 9.47 Å². The average Bonchev–Trinajstić information content (AvgIpc) is 3.82. The van der Waals surface area contributed by atoms with Crippen molar-refractivity contribution in [1.29, 1.82) is 0 Å². The van der Waals surface area contributed by atoms with Crippen molar-refractivity contribution in [2.75, 3.05) is 4.90 Å². The molecule has 310 valence electrons. The second kappa shape index (κ2) is 15.7. The quantitative estimate of drug-likeness (QED) is 0.148. The van der Waals surface area contributed by atoms with Crippen LogP contribution in [0.2, 0.25) is 0 Å². The van der Waals surface area contributed by atoms with Gasteiger partial charge in [0.25, 0.3) is 0 Å². The van der Waals surface area contributed by atoms with Crippen LogP contribution in [0.1, 0.15) is 48.9 Å². The normalized spacial score (nSPS) is 13.9. The van der Waals surface area contributed by atoms with Crippen LogP contribution in [0.15, 0.2) is 231 Å². The molecule has 1 aromatic heterocycles. The van der Waals surface area contributed by atoms with Gasteiger partial charge in [0.05, 0.1) is 16.7 Å². The van der Waals surface area contributed by atoms with E-state index in [0.29, 0.717) is 0 Å². The van der Waals surface area contributed by atoms with E-state index in [4.69, 9.17) is 0 Å². The molecule has 2 nitrogen and oxygen atoms in total. The molecule has 0 atom stereocenters.